The van der Waals surface area contributed by atoms with Gasteiger partial charge in [-0.25, -0.2) is 9.97 Å². The summed E-state index contributed by atoms with van der Waals surface area (Å²) in [5.41, 5.74) is -0.820. The number of carbonyl (C=O) groups is 1. The van der Waals surface area contributed by atoms with E-state index >= 15 is 0 Å². The first kappa shape index (κ1) is 13.5. The Morgan fingerprint density at radius 1 is 1.50 bits per heavy atom. The second-order valence-electron chi connectivity index (χ2n) is 4.71. The van der Waals surface area contributed by atoms with Crippen LogP contribution in [0, 0.1) is 0 Å². The standard InChI is InChI=1S/C13H12ClN3O2S/c1-17-6-5-13(19,12(17)18)11-15-7-9(20-11)8-3-2-4-10(14)16-8/h2-4,7,19H,5-6H2,1H3. The molecule has 5 nitrogen and oxygen atoms in total. The van der Waals surface area contributed by atoms with Crippen molar-refractivity contribution in [1.29, 1.82) is 0 Å². The Balaban J connectivity index is 1.97. The zero-order chi connectivity index (χ0) is 14.3. The average molecular weight is 310 g/mol. The molecule has 0 saturated carbocycles. The Morgan fingerprint density at radius 2 is 2.30 bits per heavy atom. The molecule has 0 aromatic carbocycles. The lowest BCUT2D eigenvalue weighted by atomic mass is 10.0. The van der Waals surface area contributed by atoms with Gasteiger partial charge in [0.2, 0.25) is 0 Å². The summed E-state index contributed by atoms with van der Waals surface area (Å²) < 4.78 is 0. The number of nitrogens with zero attached hydrogens (tertiary/aromatic N) is 3. The maximum absolute atomic E-state index is 12.0. The molecule has 1 fully saturated rings. The molecule has 0 bridgehead atoms. The van der Waals surface area contributed by atoms with E-state index in [-0.39, 0.29) is 5.91 Å². The Labute approximate surface area is 124 Å². The number of hydrogen-bond acceptors (Lipinski definition) is 5. The van der Waals surface area contributed by atoms with Crippen molar-refractivity contribution in [3.8, 4) is 10.6 Å². The van der Waals surface area contributed by atoms with Gasteiger partial charge in [-0.3, -0.25) is 4.79 Å². The third-order valence-electron chi connectivity index (χ3n) is 3.34. The molecule has 3 heterocycles. The number of hydrogen-bond donors (Lipinski definition) is 1. The van der Waals surface area contributed by atoms with Crippen LogP contribution in [0.5, 0.6) is 0 Å². The van der Waals surface area contributed by atoms with Crippen LogP contribution in [0.15, 0.2) is 24.4 Å². The highest BCUT2D eigenvalue weighted by molar-refractivity contribution is 7.15. The van der Waals surface area contributed by atoms with Gasteiger partial charge < -0.3 is 10.0 Å². The lowest BCUT2D eigenvalue weighted by Crippen LogP contribution is -2.35. The van der Waals surface area contributed by atoms with Gasteiger partial charge in [0.1, 0.15) is 10.2 Å². The van der Waals surface area contributed by atoms with Crippen molar-refractivity contribution >= 4 is 28.8 Å². The molecule has 104 valence electrons. The van der Waals surface area contributed by atoms with Crippen molar-refractivity contribution < 1.29 is 9.90 Å². The first-order chi connectivity index (χ1) is 9.50. The van der Waals surface area contributed by atoms with E-state index in [4.69, 9.17) is 11.6 Å². The van der Waals surface area contributed by atoms with Crippen molar-refractivity contribution in [3.05, 3.63) is 34.6 Å². The van der Waals surface area contributed by atoms with Gasteiger partial charge in [-0.1, -0.05) is 17.7 Å². The van der Waals surface area contributed by atoms with Crippen LogP contribution in [0.1, 0.15) is 11.4 Å². The molecule has 2 aromatic rings. The maximum atomic E-state index is 12.0. The van der Waals surface area contributed by atoms with Crippen LogP contribution in [-0.4, -0.2) is 39.5 Å². The normalized spacial score (nSPS) is 22.6. The van der Waals surface area contributed by atoms with Crippen LogP contribution in [0.4, 0.5) is 0 Å². The minimum absolute atomic E-state index is 0.308. The third-order valence-corrected chi connectivity index (χ3v) is 4.72. The van der Waals surface area contributed by atoms with Crippen molar-refractivity contribution in [1.82, 2.24) is 14.9 Å². The van der Waals surface area contributed by atoms with Crippen LogP contribution >= 0.6 is 22.9 Å². The summed E-state index contributed by atoms with van der Waals surface area (Å²) in [6, 6.07) is 5.30. The zero-order valence-electron chi connectivity index (χ0n) is 10.7. The molecule has 1 aliphatic heterocycles. The average Bonchev–Trinajstić information content (AvgIpc) is 3.02. The predicted octanol–water partition coefficient (Wildman–Crippen LogP) is 1.91. The zero-order valence-corrected chi connectivity index (χ0v) is 12.3. The van der Waals surface area contributed by atoms with Crippen molar-refractivity contribution in [2.24, 2.45) is 0 Å². The van der Waals surface area contributed by atoms with E-state index in [0.29, 0.717) is 28.8 Å². The molecule has 1 N–H and O–H groups in total. The van der Waals surface area contributed by atoms with Crippen LogP contribution in [0.3, 0.4) is 0 Å². The highest BCUT2D eigenvalue weighted by atomic mass is 35.5. The molecular formula is C13H12ClN3O2S. The smallest absolute Gasteiger partial charge is 0.261 e. The number of likely N-dealkylation sites (tertiary alicyclic amines) is 1. The molecule has 7 heteroatoms. The Kier molecular flexibility index (Phi) is 3.24. The van der Waals surface area contributed by atoms with Gasteiger partial charge in [-0.2, -0.15) is 0 Å². The molecule has 1 unspecified atom stereocenters. The summed E-state index contributed by atoms with van der Waals surface area (Å²) in [5.74, 6) is -0.308. The molecule has 1 aliphatic rings. The first-order valence-electron chi connectivity index (χ1n) is 6.08. The largest absolute Gasteiger partial charge is 0.373 e. The lowest BCUT2D eigenvalue weighted by Gasteiger charge is -2.17. The van der Waals surface area contributed by atoms with Crippen LogP contribution in [0.2, 0.25) is 5.15 Å². The summed E-state index contributed by atoms with van der Waals surface area (Å²) in [6.07, 6.45) is 1.97. The summed E-state index contributed by atoms with van der Waals surface area (Å²) >= 11 is 7.13. The Morgan fingerprint density at radius 3 is 2.95 bits per heavy atom. The third kappa shape index (κ3) is 2.09. The predicted molar refractivity (Wildman–Crippen MR) is 76.5 cm³/mol. The van der Waals surface area contributed by atoms with Gasteiger partial charge in [0.25, 0.3) is 5.91 Å². The first-order valence-corrected chi connectivity index (χ1v) is 7.27. The minimum atomic E-state index is -1.50. The van der Waals surface area contributed by atoms with Gasteiger partial charge in [0.15, 0.2) is 5.60 Å². The summed E-state index contributed by atoms with van der Waals surface area (Å²) in [5, 5.41) is 11.3. The highest BCUT2D eigenvalue weighted by Crippen LogP contribution is 2.37. The van der Waals surface area contributed by atoms with E-state index in [9.17, 15) is 9.90 Å². The fourth-order valence-electron chi connectivity index (χ4n) is 2.18. The number of aliphatic hydroxyl groups is 1. The number of amides is 1. The fourth-order valence-corrected chi connectivity index (χ4v) is 3.34. The SMILES string of the molecule is CN1CCC(O)(c2ncc(-c3cccc(Cl)n3)s2)C1=O. The Hall–Kier alpha value is -1.50. The van der Waals surface area contributed by atoms with E-state index in [2.05, 4.69) is 9.97 Å². The van der Waals surface area contributed by atoms with Gasteiger partial charge in [-0.05, 0) is 12.1 Å². The van der Waals surface area contributed by atoms with Gasteiger partial charge >= 0.3 is 0 Å². The lowest BCUT2D eigenvalue weighted by molar-refractivity contribution is -0.143. The summed E-state index contributed by atoms with van der Waals surface area (Å²) in [7, 11) is 1.67. The van der Waals surface area contributed by atoms with Gasteiger partial charge in [0.05, 0.1) is 10.6 Å². The molecule has 1 saturated heterocycles. The van der Waals surface area contributed by atoms with E-state index in [0.717, 1.165) is 4.88 Å². The van der Waals surface area contributed by atoms with Crippen LogP contribution in [-0.2, 0) is 10.4 Å². The number of carbonyl (C=O) groups excluding carboxylic acids is 1. The highest BCUT2D eigenvalue weighted by Gasteiger charge is 2.47. The Bertz CT molecular complexity index is 675. The molecule has 0 spiro atoms. The number of aromatic nitrogens is 2. The van der Waals surface area contributed by atoms with Gasteiger partial charge in [0, 0.05) is 26.2 Å². The van der Waals surface area contributed by atoms with Crippen molar-refractivity contribution in [2.75, 3.05) is 13.6 Å². The van der Waals surface area contributed by atoms with Gasteiger partial charge in [-0.15, -0.1) is 11.3 Å². The molecule has 2 aromatic heterocycles. The molecular weight excluding hydrogens is 298 g/mol. The van der Waals surface area contributed by atoms with Crippen LogP contribution < -0.4 is 0 Å². The summed E-state index contributed by atoms with van der Waals surface area (Å²) in [4.78, 5) is 22.7. The molecule has 20 heavy (non-hydrogen) atoms. The molecule has 0 aliphatic carbocycles. The van der Waals surface area contributed by atoms with E-state index in [1.165, 1.54) is 16.2 Å². The number of likely N-dealkylation sites (N-methyl/N-ethyl adjacent to an activating group) is 1. The molecule has 0 radical (unpaired) electrons. The summed E-state index contributed by atoms with van der Waals surface area (Å²) in [6.45, 7) is 0.527. The molecule has 1 atom stereocenters. The van der Waals surface area contributed by atoms with Crippen LogP contribution in [0.25, 0.3) is 10.6 Å². The van der Waals surface area contributed by atoms with Crippen molar-refractivity contribution in [3.63, 3.8) is 0 Å². The molecule has 3 rings (SSSR count). The quantitative estimate of drug-likeness (QED) is 0.861. The number of thiazole rings is 1. The minimum Gasteiger partial charge on any atom is -0.373 e. The van der Waals surface area contributed by atoms with Crippen molar-refractivity contribution in [2.45, 2.75) is 12.0 Å². The van der Waals surface area contributed by atoms with E-state index < -0.39 is 5.60 Å². The van der Waals surface area contributed by atoms with E-state index in [1.54, 1.807) is 25.4 Å². The second kappa shape index (κ2) is 4.80. The fraction of sp³-hybridized carbons (Fsp3) is 0.308. The maximum Gasteiger partial charge on any atom is 0.261 e. The monoisotopic (exact) mass is 309 g/mol. The van der Waals surface area contributed by atoms with E-state index in [1.807, 2.05) is 6.07 Å². The number of rotatable bonds is 2. The number of halogens is 1. The second-order valence-corrected chi connectivity index (χ2v) is 6.13. The number of pyridine rings is 1. The molecule has 1 amide bonds. The topological polar surface area (TPSA) is 66.3 Å².